The van der Waals surface area contributed by atoms with Gasteiger partial charge in [-0.2, -0.15) is 13.2 Å². The maximum absolute atomic E-state index is 13.0. The molecule has 2 atom stereocenters. The second-order valence-electron chi connectivity index (χ2n) is 7.10. The summed E-state index contributed by atoms with van der Waals surface area (Å²) in [5.74, 6) is 0.622. The highest BCUT2D eigenvalue weighted by Gasteiger charge is 2.44. The number of aromatic nitrogens is 1. The molecular weight excluding hydrogens is 301 g/mol. The normalized spacial score (nSPS) is 27.7. The van der Waals surface area contributed by atoms with E-state index in [4.69, 9.17) is 0 Å². The lowest BCUT2D eigenvalue weighted by atomic mass is 9.61. The Hall–Kier alpha value is -1.49. The quantitative estimate of drug-likeness (QED) is 0.805. The van der Waals surface area contributed by atoms with E-state index in [1.165, 1.54) is 12.1 Å². The molecule has 0 radical (unpaired) electrons. The molecule has 1 aliphatic carbocycles. The van der Waals surface area contributed by atoms with E-state index in [2.05, 4.69) is 17.2 Å². The van der Waals surface area contributed by atoms with Gasteiger partial charge in [0.05, 0.1) is 5.56 Å². The summed E-state index contributed by atoms with van der Waals surface area (Å²) in [6, 6.07) is 4.08. The van der Waals surface area contributed by atoms with Crippen molar-refractivity contribution in [2.75, 3.05) is 13.1 Å². The number of hydrogen-bond donors (Lipinski definition) is 2. The van der Waals surface area contributed by atoms with Crippen molar-refractivity contribution in [2.24, 2.45) is 11.3 Å². The summed E-state index contributed by atoms with van der Waals surface area (Å²) in [5.41, 5.74) is 2.72. The summed E-state index contributed by atoms with van der Waals surface area (Å²) < 4.78 is 39.1. The molecule has 2 heterocycles. The first kappa shape index (κ1) is 15.1. The molecule has 2 aliphatic rings. The van der Waals surface area contributed by atoms with E-state index >= 15 is 0 Å². The zero-order valence-corrected chi connectivity index (χ0v) is 13.2. The van der Waals surface area contributed by atoms with Gasteiger partial charge in [-0.05, 0) is 67.3 Å². The number of fused-ring (bicyclic) bond motifs is 4. The summed E-state index contributed by atoms with van der Waals surface area (Å²) in [4.78, 5) is 3.38. The third kappa shape index (κ3) is 2.28. The van der Waals surface area contributed by atoms with Crippen LogP contribution in [0.15, 0.2) is 18.2 Å². The van der Waals surface area contributed by atoms with Crippen LogP contribution in [0.1, 0.15) is 36.6 Å². The largest absolute Gasteiger partial charge is 0.416 e. The fraction of sp³-hybridized carbons (Fsp3) is 0.556. The van der Waals surface area contributed by atoms with Gasteiger partial charge in [0.1, 0.15) is 0 Å². The smallest absolute Gasteiger partial charge is 0.358 e. The predicted molar refractivity (Wildman–Crippen MR) is 84.4 cm³/mol. The highest BCUT2D eigenvalue weighted by atomic mass is 19.4. The van der Waals surface area contributed by atoms with Gasteiger partial charge < -0.3 is 10.3 Å². The van der Waals surface area contributed by atoms with Crippen molar-refractivity contribution in [3.8, 4) is 0 Å². The molecule has 4 rings (SSSR count). The molecule has 1 aliphatic heterocycles. The highest BCUT2D eigenvalue weighted by Crippen LogP contribution is 2.47. The Labute approximate surface area is 133 Å². The average molecular weight is 322 g/mol. The fourth-order valence-corrected chi connectivity index (χ4v) is 4.58. The maximum atomic E-state index is 13.0. The average Bonchev–Trinajstić information content (AvgIpc) is 2.88. The van der Waals surface area contributed by atoms with Crippen LogP contribution in [-0.4, -0.2) is 18.1 Å². The summed E-state index contributed by atoms with van der Waals surface area (Å²) in [6.45, 7) is 4.22. The van der Waals surface area contributed by atoms with Crippen molar-refractivity contribution < 1.29 is 13.2 Å². The van der Waals surface area contributed by atoms with E-state index in [1.54, 1.807) is 6.07 Å². The first-order valence-electron chi connectivity index (χ1n) is 8.34. The molecule has 2 nitrogen and oxygen atoms in total. The Morgan fingerprint density at radius 1 is 1.30 bits per heavy atom. The molecule has 2 aromatic rings. The van der Waals surface area contributed by atoms with Crippen molar-refractivity contribution in [3.05, 3.63) is 35.0 Å². The zero-order valence-electron chi connectivity index (χ0n) is 13.2. The number of hydrogen-bond acceptors (Lipinski definition) is 1. The maximum Gasteiger partial charge on any atom is 0.416 e. The minimum absolute atomic E-state index is 0.189. The van der Waals surface area contributed by atoms with Gasteiger partial charge in [-0.15, -0.1) is 0 Å². The molecule has 5 heteroatoms. The first-order chi connectivity index (χ1) is 10.9. The Bertz CT molecular complexity index is 747. The standard InChI is InChI=1S/C18H21F3N2/c1-2-17-9-14-13-7-12(18(19,20)21)3-4-15(13)23-16(14)8-11(17)5-6-22-10-17/h3-4,7,11,22-23H,2,5-6,8-10H2,1H3/t11-,17+/m1/s1. The Morgan fingerprint density at radius 2 is 2.13 bits per heavy atom. The molecule has 1 aromatic carbocycles. The second kappa shape index (κ2) is 5.00. The molecule has 1 fully saturated rings. The zero-order chi connectivity index (χ0) is 16.2. The molecule has 2 N–H and O–H groups in total. The Kier molecular flexibility index (Phi) is 3.28. The first-order valence-corrected chi connectivity index (χ1v) is 8.34. The highest BCUT2D eigenvalue weighted by molar-refractivity contribution is 5.86. The number of aromatic amines is 1. The number of H-pyrrole nitrogens is 1. The van der Waals surface area contributed by atoms with Gasteiger partial charge in [0, 0.05) is 23.1 Å². The van der Waals surface area contributed by atoms with Crippen molar-refractivity contribution >= 4 is 10.9 Å². The van der Waals surface area contributed by atoms with Crippen molar-refractivity contribution in [2.45, 2.75) is 38.8 Å². The SMILES string of the molecule is CC[C@]12CNCC[C@@H]1Cc1[nH]c3ccc(C(F)(F)F)cc3c1C2. The van der Waals surface area contributed by atoms with Gasteiger partial charge in [-0.1, -0.05) is 6.92 Å². The molecule has 0 saturated carbocycles. The van der Waals surface area contributed by atoms with Gasteiger partial charge in [-0.3, -0.25) is 0 Å². The second-order valence-corrected chi connectivity index (χ2v) is 7.10. The van der Waals surface area contributed by atoms with Crippen LogP contribution in [0.4, 0.5) is 13.2 Å². The van der Waals surface area contributed by atoms with Crippen LogP contribution < -0.4 is 5.32 Å². The lowest BCUT2D eigenvalue weighted by Gasteiger charge is -2.47. The molecular formula is C18H21F3N2. The van der Waals surface area contributed by atoms with Gasteiger partial charge in [-0.25, -0.2) is 0 Å². The van der Waals surface area contributed by atoms with Gasteiger partial charge in [0.2, 0.25) is 0 Å². The minimum atomic E-state index is -4.29. The molecule has 0 bridgehead atoms. The Balaban J connectivity index is 1.84. The van der Waals surface area contributed by atoms with E-state index in [1.807, 2.05) is 0 Å². The number of piperidine rings is 1. The number of rotatable bonds is 1. The van der Waals surface area contributed by atoms with E-state index in [0.717, 1.165) is 60.9 Å². The van der Waals surface area contributed by atoms with Gasteiger partial charge in [0.25, 0.3) is 0 Å². The fourth-order valence-electron chi connectivity index (χ4n) is 4.58. The van der Waals surface area contributed by atoms with Crippen LogP contribution in [-0.2, 0) is 19.0 Å². The molecule has 1 aromatic heterocycles. The number of benzene rings is 1. The summed E-state index contributed by atoms with van der Waals surface area (Å²) >= 11 is 0. The van der Waals surface area contributed by atoms with E-state index in [0.29, 0.717) is 5.92 Å². The van der Waals surface area contributed by atoms with Crippen LogP contribution in [0.25, 0.3) is 10.9 Å². The van der Waals surface area contributed by atoms with Crippen LogP contribution in [0, 0.1) is 11.3 Å². The molecule has 0 spiro atoms. The van der Waals surface area contributed by atoms with E-state index in [9.17, 15) is 13.2 Å². The lowest BCUT2D eigenvalue weighted by Crippen LogP contribution is -2.50. The van der Waals surface area contributed by atoms with Crippen molar-refractivity contribution in [1.29, 1.82) is 0 Å². The van der Waals surface area contributed by atoms with Crippen LogP contribution in [0.5, 0.6) is 0 Å². The topological polar surface area (TPSA) is 27.8 Å². The predicted octanol–water partition coefficient (Wildman–Crippen LogP) is 4.29. The van der Waals surface area contributed by atoms with Crippen molar-refractivity contribution in [1.82, 2.24) is 10.3 Å². The Morgan fingerprint density at radius 3 is 2.87 bits per heavy atom. The van der Waals surface area contributed by atoms with Gasteiger partial charge in [0.15, 0.2) is 0 Å². The monoisotopic (exact) mass is 322 g/mol. The van der Waals surface area contributed by atoms with Crippen molar-refractivity contribution in [3.63, 3.8) is 0 Å². The van der Waals surface area contributed by atoms with Gasteiger partial charge >= 0.3 is 6.18 Å². The lowest BCUT2D eigenvalue weighted by molar-refractivity contribution is -0.137. The van der Waals surface area contributed by atoms with E-state index < -0.39 is 11.7 Å². The third-order valence-electron chi connectivity index (χ3n) is 6.02. The number of alkyl halides is 3. The third-order valence-corrected chi connectivity index (χ3v) is 6.02. The molecule has 0 unspecified atom stereocenters. The molecule has 0 amide bonds. The van der Waals surface area contributed by atoms with Crippen LogP contribution in [0.3, 0.4) is 0 Å². The van der Waals surface area contributed by atoms with Crippen LogP contribution >= 0.6 is 0 Å². The summed E-state index contributed by atoms with van der Waals surface area (Å²) in [6.07, 6.45) is -0.241. The molecule has 23 heavy (non-hydrogen) atoms. The number of nitrogens with one attached hydrogen (secondary N) is 2. The summed E-state index contributed by atoms with van der Waals surface area (Å²) in [5, 5.41) is 4.25. The molecule has 124 valence electrons. The minimum Gasteiger partial charge on any atom is -0.358 e. The molecule has 1 saturated heterocycles. The summed E-state index contributed by atoms with van der Waals surface area (Å²) in [7, 11) is 0. The van der Waals surface area contributed by atoms with Crippen LogP contribution in [0.2, 0.25) is 0 Å². The van der Waals surface area contributed by atoms with E-state index in [-0.39, 0.29) is 5.41 Å². The number of halogens is 3.